The SMILES string of the molecule is C=C(c1ccc(C(F)(F)F)cc1)C(O)(Cn1cncn1)c1ccc(F)cc1. The van der Waals surface area contributed by atoms with Crippen LogP contribution in [0.4, 0.5) is 17.6 Å². The van der Waals surface area contributed by atoms with Crippen LogP contribution in [-0.2, 0) is 18.3 Å². The summed E-state index contributed by atoms with van der Waals surface area (Å²) in [6.07, 6.45) is -1.80. The van der Waals surface area contributed by atoms with E-state index in [0.717, 1.165) is 12.1 Å². The second-order valence-corrected chi connectivity index (χ2v) is 6.01. The van der Waals surface area contributed by atoms with Crippen LogP contribution in [0.5, 0.6) is 0 Å². The van der Waals surface area contributed by atoms with Gasteiger partial charge in [0, 0.05) is 0 Å². The summed E-state index contributed by atoms with van der Waals surface area (Å²) < 4.78 is 53.0. The first-order valence-corrected chi connectivity index (χ1v) is 7.88. The molecule has 0 aliphatic rings. The molecule has 0 aliphatic carbocycles. The monoisotopic (exact) mass is 377 g/mol. The van der Waals surface area contributed by atoms with Crippen molar-refractivity contribution in [3.63, 3.8) is 0 Å². The second-order valence-electron chi connectivity index (χ2n) is 6.01. The van der Waals surface area contributed by atoms with Crippen molar-refractivity contribution in [2.75, 3.05) is 0 Å². The molecule has 1 heterocycles. The number of aromatic nitrogens is 3. The minimum atomic E-state index is -4.46. The van der Waals surface area contributed by atoms with Crippen molar-refractivity contribution in [3.8, 4) is 0 Å². The van der Waals surface area contributed by atoms with E-state index in [1.54, 1.807) is 0 Å². The van der Waals surface area contributed by atoms with E-state index < -0.39 is 23.2 Å². The summed E-state index contributed by atoms with van der Waals surface area (Å²) in [5, 5.41) is 15.3. The first-order valence-electron chi connectivity index (χ1n) is 7.88. The minimum absolute atomic E-state index is 0.0987. The molecule has 1 aromatic heterocycles. The number of halogens is 4. The quantitative estimate of drug-likeness (QED) is 0.683. The third-order valence-electron chi connectivity index (χ3n) is 4.24. The lowest BCUT2D eigenvalue weighted by Gasteiger charge is -2.31. The molecule has 0 radical (unpaired) electrons. The Bertz CT molecular complexity index is 919. The fourth-order valence-corrected chi connectivity index (χ4v) is 2.73. The molecule has 1 atom stereocenters. The summed E-state index contributed by atoms with van der Waals surface area (Å²) in [5.74, 6) is -0.484. The van der Waals surface area contributed by atoms with Crippen molar-refractivity contribution in [2.45, 2.75) is 18.3 Å². The normalized spacial score (nSPS) is 14.0. The lowest BCUT2D eigenvalue weighted by atomic mass is 9.83. The van der Waals surface area contributed by atoms with E-state index in [-0.39, 0.29) is 12.1 Å². The van der Waals surface area contributed by atoms with E-state index in [0.29, 0.717) is 11.1 Å². The predicted molar refractivity (Wildman–Crippen MR) is 90.8 cm³/mol. The lowest BCUT2D eigenvalue weighted by molar-refractivity contribution is -0.137. The molecular weight excluding hydrogens is 362 g/mol. The molecule has 27 heavy (non-hydrogen) atoms. The number of aliphatic hydroxyl groups is 1. The Balaban J connectivity index is 2.01. The van der Waals surface area contributed by atoms with Crippen LogP contribution in [0.15, 0.2) is 67.8 Å². The highest BCUT2D eigenvalue weighted by Gasteiger charge is 2.35. The Labute approximate surface area is 152 Å². The van der Waals surface area contributed by atoms with E-state index >= 15 is 0 Å². The van der Waals surface area contributed by atoms with Gasteiger partial charge in [-0.25, -0.2) is 14.1 Å². The Morgan fingerprint density at radius 3 is 2.11 bits per heavy atom. The summed E-state index contributed by atoms with van der Waals surface area (Å²) in [5.41, 5.74) is -1.75. The van der Waals surface area contributed by atoms with Gasteiger partial charge in [-0.05, 0) is 41.0 Å². The third kappa shape index (κ3) is 3.90. The topological polar surface area (TPSA) is 50.9 Å². The molecule has 0 saturated heterocycles. The Morgan fingerprint density at radius 2 is 1.59 bits per heavy atom. The summed E-state index contributed by atoms with van der Waals surface area (Å²) in [4.78, 5) is 3.81. The van der Waals surface area contributed by atoms with Crippen LogP contribution in [0.3, 0.4) is 0 Å². The molecule has 2 aromatic carbocycles. The average Bonchev–Trinajstić information content (AvgIpc) is 3.13. The first kappa shape index (κ1) is 18.8. The van der Waals surface area contributed by atoms with Gasteiger partial charge in [0.05, 0.1) is 12.1 Å². The number of benzene rings is 2. The second kappa shape index (κ2) is 6.96. The first-order chi connectivity index (χ1) is 12.7. The number of hydrogen-bond acceptors (Lipinski definition) is 3. The highest BCUT2D eigenvalue weighted by molar-refractivity contribution is 5.72. The molecule has 0 bridgehead atoms. The Morgan fingerprint density at radius 1 is 1.00 bits per heavy atom. The highest BCUT2D eigenvalue weighted by atomic mass is 19.4. The van der Waals surface area contributed by atoms with Crippen LogP contribution in [0.2, 0.25) is 0 Å². The zero-order chi connectivity index (χ0) is 19.7. The average molecular weight is 377 g/mol. The standard InChI is InChI=1S/C19H15F4N3O/c1-13(14-2-4-16(5-3-14)19(21,22)23)18(27,10-26-12-24-11-25-26)15-6-8-17(20)9-7-15/h2-9,11-12,27H,1,10H2. The Hall–Kier alpha value is -3.00. The zero-order valence-corrected chi connectivity index (χ0v) is 14.0. The largest absolute Gasteiger partial charge is 0.416 e. The molecule has 0 aliphatic heterocycles. The van der Waals surface area contributed by atoms with Gasteiger partial charge in [-0.1, -0.05) is 30.8 Å². The molecule has 3 aromatic rings. The molecule has 8 heteroatoms. The van der Waals surface area contributed by atoms with Gasteiger partial charge in [0.2, 0.25) is 0 Å². The number of hydrogen-bond donors (Lipinski definition) is 1. The maximum Gasteiger partial charge on any atom is 0.416 e. The van der Waals surface area contributed by atoms with E-state index in [2.05, 4.69) is 16.7 Å². The van der Waals surface area contributed by atoms with Gasteiger partial charge in [-0.3, -0.25) is 0 Å². The molecule has 0 saturated carbocycles. The van der Waals surface area contributed by atoms with Gasteiger partial charge in [0.1, 0.15) is 24.1 Å². The molecule has 4 nitrogen and oxygen atoms in total. The molecule has 140 valence electrons. The Kier molecular flexibility index (Phi) is 4.84. The van der Waals surface area contributed by atoms with Gasteiger partial charge in [0.15, 0.2) is 0 Å². The van der Waals surface area contributed by atoms with E-state index in [9.17, 15) is 22.7 Å². The van der Waals surface area contributed by atoms with E-state index in [1.165, 1.54) is 53.7 Å². The molecular formula is C19H15F4N3O. The van der Waals surface area contributed by atoms with Crippen molar-refractivity contribution in [1.82, 2.24) is 14.8 Å². The van der Waals surface area contributed by atoms with Crippen molar-refractivity contribution >= 4 is 5.57 Å². The van der Waals surface area contributed by atoms with Crippen molar-refractivity contribution in [1.29, 1.82) is 0 Å². The van der Waals surface area contributed by atoms with Crippen LogP contribution in [0.25, 0.3) is 5.57 Å². The summed E-state index contributed by atoms with van der Waals surface area (Å²) in [6.45, 7) is 3.78. The number of alkyl halides is 3. The fraction of sp³-hybridized carbons (Fsp3) is 0.158. The smallest absolute Gasteiger partial charge is 0.378 e. The summed E-state index contributed by atoms with van der Waals surface area (Å²) in [7, 11) is 0. The van der Waals surface area contributed by atoms with Crippen molar-refractivity contribution in [3.05, 3.63) is 90.3 Å². The third-order valence-corrected chi connectivity index (χ3v) is 4.24. The van der Waals surface area contributed by atoms with Gasteiger partial charge in [-0.15, -0.1) is 0 Å². The fourth-order valence-electron chi connectivity index (χ4n) is 2.73. The minimum Gasteiger partial charge on any atom is -0.378 e. The van der Waals surface area contributed by atoms with Crippen molar-refractivity contribution < 1.29 is 22.7 Å². The van der Waals surface area contributed by atoms with Gasteiger partial charge >= 0.3 is 6.18 Å². The lowest BCUT2D eigenvalue weighted by Crippen LogP contribution is -2.33. The van der Waals surface area contributed by atoms with Gasteiger partial charge < -0.3 is 5.11 Å². The van der Waals surface area contributed by atoms with Crippen LogP contribution >= 0.6 is 0 Å². The molecule has 3 rings (SSSR count). The van der Waals surface area contributed by atoms with E-state index in [1.807, 2.05) is 0 Å². The van der Waals surface area contributed by atoms with Crippen LogP contribution < -0.4 is 0 Å². The molecule has 1 N–H and O–H groups in total. The van der Waals surface area contributed by atoms with Crippen LogP contribution in [0.1, 0.15) is 16.7 Å². The summed E-state index contributed by atoms with van der Waals surface area (Å²) in [6, 6.07) is 9.45. The summed E-state index contributed by atoms with van der Waals surface area (Å²) >= 11 is 0. The maximum atomic E-state index is 13.3. The molecule has 0 spiro atoms. The zero-order valence-electron chi connectivity index (χ0n) is 14.0. The molecule has 0 fully saturated rings. The highest BCUT2D eigenvalue weighted by Crippen LogP contribution is 2.38. The van der Waals surface area contributed by atoms with Gasteiger partial charge in [0.25, 0.3) is 0 Å². The molecule has 1 unspecified atom stereocenters. The molecule has 0 amide bonds. The van der Waals surface area contributed by atoms with Crippen molar-refractivity contribution in [2.24, 2.45) is 0 Å². The number of rotatable bonds is 5. The van der Waals surface area contributed by atoms with Crippen LogP contribution in [0, 0.1) is 5.82 Å². The number of nitrogens with zero attached hydrogens (tertiary/aromatic N) is 3. The van der Waals surface area contributed by atoms with Gasteiger partial charge in [-0.2, -0.15) is 18.3 Å². The van der Waals surface area contributed by atoms with E-state index in [4.69, 9.17) is 0 Å². The maximum absolute atomic E-state index is 13.3. The predicted octanol–water partition coefficient (Wildman–Crippen LogP) is 4.04. The van der Waals surface area contributed by atoms with Crippen LogP contribution in [-0.4, -0.2) is 19.9 Å².